The maximum absolute atomic E-state index is 11.8. The summed E-state index contributed by atoms with van der Waals surface area (Å²) < 4.78 is 30.7. The van der Waals surface area contributed by atoms with Crippen molar-refractivity contribution < 1.29 is 18.1 Å². The minimum Gasteiger partial charge on any atom is -0.383 e. The van der Waals surface area contributed by atoms with E-state index in [0.29, 0.717) is 13.2 Å². The van der Waals surface area contributed by atoms with E-state index in [1.807, 2.05) is 0 Å². The predicted octanol–water partition coefficient (Wildman–Crippen LogP) is 0.951. The largest absolute Gasteiger partial charge is 0.383 e. The van der Waals surface area contributed by atoms with E-state index in [1.54, 1.807) is 6.92 Å². The number of nitrogens with zero attached hydrogens (tertiary/aromatic N) is 1. The van der Waals surface area contributed by atoms with Crippen molar-refractivity contribution >= 4 is 21.4 Å². The van der Waals surface area contributed by atoms with Crippen molar-refractivity contribution in [2.45, 2.75) is 11.8 Å². The first kappa shape index (κ1) is 16.3. The van der Waals surface area contributed by atoms with Gasteiger partial charge in [-0.15, -0.1) is 0 Å². The summed E-state index contributed by atoms with van der Waals surface area (Å²) in [5.41, 5.74) is -0.0393. The highest BCUT2D eigenvalue weighted by atomic mass is 32.2. The predicted molar refractivity (Wildman–Crippen MR) is 74.3 cm³/mol. The van der Waals surface area contributed by atoms with Gasteiger partial charge in [-0.1, -0.05) is 6.92 Å². The lowest BCUT2D eigenvalue weighted by molar-refractivity contribution is -0.384. The number of sulfonamides is 1. The standard InChI is InChI=1S/C11H17N3O5S/c1-3-13-20(17,18)9-4-5-10(12-6-7-19-2)11(8-9)14(15)16/h4-5,8,12-13H,3,6-7H2,1-2H3. The van der Waals surface area contributed by atoms with Crippen LogP contribution in [0.4, 0.5) is 11.4 Å². The first-order chi connectivity index (χ1) is 9.42. The number of nitro benzene ring substituents is 1. The van der Waals surface area contributed by atoms with Gasteiger partial charge in [-0.25, -0.2) is 13.1 Å². The average Bonchev–Trinajstić information content (AvgIpc) is 2.38. The van der Waals surface area contributed by atoms with Crippen LogP contribution in [0.15, 0.2) is 23.1 Å². The van der Waals surface area contributed by atoms with E-state index in [2.05, 4.69) is 10.0 Å². The zero-order valence-corrected chi connectivity index (χ0v) is 12.1. The summed E-state index contributed by atoms with van der Waals surface area (Å²) in [5, 5.41) is 13.8. The number of ether oxygens (including phenoxy) is 1. The van der Waals surface area contributed by atoms with Crippen LogP contribution in [0.5, 0.6) is 0 Å². The van der Waals surface area contributed by atoms with Crippen LogP contribution in [0.2, 0.25) is 0 Å². The molecule has 112 valence electrons. The highest BCUT2D eigenvalue weighted by Gasteiger charge is 2.20. The highest BCUT2D eigenvalue weighted by molar-refractivity contribution is 7.89. The second kappa shape index (κ2) is 7.17. The molecule has 0 fully saturated rings. The Morgan fingerprint density at radius 1 is 1.40 bits per heavy atom. The lowest BCUT2D eigenvalue weighted by atomic mass is 10.2. The molecule has 0 aliphatic rings. The van der Waals surface area contributed by atoms with E-state index in [9.17, 15) is 18.5 Å². The summed E-state index contributed by atoms with van der Waals surface area (Å²) in [7, 11) is -2.20. The lowest BCUT2D eigenvalue weighted by Gasteiger charge is -2.09. The Bertz CT molecular complexity index is 573. The number of hydrogen-bond donors (Lipinski definition) is 2. The molecule has 0 heterocycles. The first-order valence-electron chi connectivity index (χ1n) is 5.93. The molecule has 2 N–H and O–H groups in total. The summed E-state index contributed by atoms with van der Waals surface area (Å²) in [5.74, 6) is 0. The van der Waals surface area contributed by atoms with Crippen LogP contribution in [-0.2, 0) is 14.8 Å². The van der Waals surface area contributed by atoms with Crippen molar-refractivity contribution in [3.8, 4) is 0 Å². The molecule has 0 radical (unpaired) electrons. The van der Waals surface area contributed by atoms with Crippen LogP contribution >= 0.6 is 0 Å². The van der Waals surface area contributed by atoms with Crippen LogP contribution in [0.3, 0.4) is 0 Å². The fraction of sp³-hybridized carbons (Fsp3) is 0.455. The Morgan fingerprint density at radius 3 is 2.65 bits per heavy atom. The van der Waals surface area contributed by atoms with Gasteiger partial charge in [0.2, 0.25) is 10.0 Å². The maximum atomic E-state index is 11.8. The number of nitrogens with one attached hydrogen (secondary N) is 2. The molecule has 1 aromatic rings. The summed E-state index contributed by atoms with van der Waals surface area (Å²) in [6.07, 6.45) is 0. The Hall–Kier alpha value is -1.71. The van der Waals surface area contributed by atoms with Gasteiger partial charge in [-0.05, 0) is 12.1 Å². The van der Waals surface area contributed by atoms with Gasteiger partial charge < -0.3 is 10.1 Å². The summed E-state index contributed by atoms with van der Waals surface area (Å²) >= 11 is 0. The molecule has 20 heavy (non-hydrogen) atoms. The summed E-state index contributed by atoms with van der Waals surface area (Å²) in [4.78, 5) is 10.2. The Morgan fingerprint density at radius 2 is 2.10 bits per heavy atom. The van der Waals surface area contributed by atoms with Crippen molar-refractivity contribution in [2.75, 3.05) is 32.1 Å². The van der Waals surface area contributed by atoms with Gasteiger partial charge in [0.15, 0.2) is 0 Å². The molecule has 0 amide bonds. The molecule has 0 unspecified atom stereocenters. The molecule has 9 heteroatoms. The van der Waals surface area contributed by atoms with E-state index >= 15 is 0 Å². The third kappa shape index (κ3) is 4.15. The van der Waals surface area contributed by atoms with Crippen LogP contribution in [0, 0.1) is 10.1 Å². The fourth-order valence-electron chi connectivity index (χ4n) is 1.54. The van der Waals surface area contributed by atoms with E-state index in [0.717, 1.165) is 6.07 Å². The number of anilines is 1. The molecule has 0 aliphatic heterocycles. The van der Waals surface area contributed by atoms with Crippen molar-refractivity contribution in [1.29, 1.82) is 0 Å². The molecule has 0 bridgehead atoms. The van der Waals surface area contributed by atoms with Gasteiger partial charge in [-0.2, -0.15) is 0 Å². The topological polar surface area (TPSA) is 111 Å². The zero-order chi connectivity index (χ0) is 15.2. The molecule has 0 saturated heterocycles. The molecule has 0 spiro atoms. The zero-order valence-electron chi connectivity index (χ0n) is 11.3. The number of methoxy groups -OCH3 is 1. The van der Waals surface area contributed by atoms with E-state index < -0.39 is 14.9 Å². The average molecular weight is 303 g/mol. The second-order valence-corrected chi connectivity index (χ2v) is 5.62. The van der Waals surface area contributed by atoms with Gasteiger partial charge >= 0.3 is 0 Å². The quantitative estimate of drug-likeness (QED) is 0.420. The van der Waals surface area contributed by atoms with Gasteiger partial charge in [0.25, 0.3) is 5.69 Å². The van der Waals surface area contributed by atoms with Crippen LogP contribution in [0.1, 0.15) is 6.92 Å². The SMILES string of the molecule is CCNS(=O)(=O)c1ccc(NCCOC)c([N+](=O)[O-])c1. The maximum Gasteiger partial charge on any atom is 0.293 e. The van der Waals surface area contributed by atoms with E-state index in [4.69, 9.17) is 4.74 Å². The van der Waals surface area contributed by atoms with Gasteiger partial charge in [0, 0.05) is 26.3 Å². The fourth-order valence-corrected chi connectivity index (χ4v) is 2.60. The Labute approximate surface area is 117 Å². The number of hydrogen-bond acceptors (Lipinski definition) is 6. The smallest absolute Gasteiger partial charge is 0.293 e. The number of nitro groups is 1. The molecule has 0 aliphatic carbocycles. The second-order valence-electron chi connectivity index (χ2n) is 3.86. The van der Waals surface area contributed by atoms with Crippen molar-refractivity contribution in [3.63, 3.8) is 0 Å². The number of rotatable bonds is 8. The lowest BCUT2D eigenvalue weighted by Crippen LogP contribution is -2.23. The highest BCUT2D eigenvalue weighted by Crippen LogP contribution is 2.27. The Kier molecular flexibility index (Phi) is 5.86. The van der Waals surface area contributed by atoms with Crippen molar-refractivity contribution in [2.24, 2.45) is 0 Å². The van der Waals surface area contributed by atoms with Gasteiger partial charge in [-0.3, -0.25) is 10.1 Å². The van der Waals surface area contributed by atoms with Crippen LogP contribution < -0.4 is 10.0 Å². The van der Waals surface area contributed by atoms with E-state index in [1.165, 1.54) is 19.2 Å². The molecule has 0 aromatic heterocycles. The molecule has 1 aromatic carbocycles. The molecule has 1 rings (SSSR count). The molecular weight excluding hydrogens is 286 g/mol. The summed E-state index contributed by atoms with van der Waals surface area (Å²) in [6, 6.07) is 3.73. The van der Waals surface area contributed by atoms with Crippen LogP contribution in [-0.4, -0.2) is 40.1 Å². The molecular formula is C11H17N3O5S. The third-order valence-corrected chi connectivity index (χ3v) is 3.98. The molecule has 0 saturated carbocycles. The minimum absolute atomic E-state index is 0.136. The van der Waals surface area contributed by atoms with Crippen molar-refractivity contribution in [3.05, 3.63) is 28.3 Å². The summed E-state index contributed by atoms with van der Waals surface area (Å²) in [6.45, 7) is 2.61. The first-order valence-corrected chi connectivity index (χ1v) is 7.41. The monoisotopic (exact) mass is 303 g/mol. The Balaban J connectivity index is 3.10. The molecule has 0 atom stereocenters. The third-order valence-electron chi connectivity index (χ3n) is 2.43. The van der Waals surface area contributed by atoms with Crippen LogP contribution in [0.25, 0.3) is 0 Å². The normalized spacial score (nSPS) is 11.3. The minimum atomic E-state index is -3.72. The number of benzene rings is 1. The van der Waals surface area contributed by atoms with Gasteiger partial charge in [0.1, 0.15) is 5.69 Å². The van der Waals surface area contributed by atoms with Gasteiger partial charge in [0.05, 0.1) is 16.4 Å². The van der Waals surface area contributed by atoms with E-state index in [-0.39, 0.29) is 22.8 Å². The van der Waals surface area contributed by atoms with Crippen molar-refractivity contribution in [1.82, 2.24) is 4.72 Å². The molecule has 8 nitrogen and oxygen atoms in total.